The molecule has 0 bridgehead atoms. The highest BCUT2D eigenvalue weighted by Crippen LogP contribution is 2.22. The molecule has 0 aliphatic rings. The number of rotatable bonds is 1. The lowest BCUT2D eigenvalue weighted by molar-refractivity contribution is 0.00703. The minimum Gasteiger partial charge on any atom is -0.456 e. The Bertz CT molecular complexity index is 427. The second kappa shape index (κ2) is 4.57. The average molecular weight is 337 g/mol. The van der Waals surface area contributed by atoms with Crippen LogP contribution in [0.3, 0.4) is 0 Å². The number of esters is 1. The van der Waals surface area contributed by atoms with Gasteiger partial charge in [0.2, 0.25) is 0 Å². The molecule has 0 spiro atoms. The Labute approximate surface area is 107 Å². The smallest absolute Gasteiger partial charge is 0.340 e. The monoisotopic (exact) mass is 337 g/mol. The summed E-state index contributed by atoms with van der Waals surface area (Å²) in [5.41, 5.74) is 4.77. The summed E-state index contributed by atoms with van der Waals surface area (Å²) in [6.45, 7) is 5.22. The maximum Gasteiger partial charge on any atom is 0.340 e. The van der Waals surface area contributed by atoms with Gasteiger partial charge >= 0.3 is 5.97 Å². The van der Waals surface area contributed by atoms with Crippen LogP contribution < -0.4 is 5.73 Å². The van der Waals surface area contributed by atoms with Crippen LogP contribution >= 0.6 is 22.6 Å². The predicted octanol–water partition coefficient (Wildman–Crippen LogP) is 2.97. The van der Waals surface area contributed by atoms with E-state index in [2.05, 4.69) is 0 Å². The Morgan fingerprint density at radius 2 is 2.00 bits per heavy atom. The molecule has 0 amide bonds. The largest absolute Gasteiger partial charge is 0.456 e. The van der Waals surface area contributed by atoms with Crippen molar-refractivity contribution in [2.45, 2.75) is 26.4 Å². The topological polar surface area (TPSA) is 52.3 Å². The zero-order valence-corrected chi connectivity index (χ0v) is 11.5. The highest BCUT2D eigenvalue weighted by Gasteiger charge is 2.21. The first-order valence-corrected chi connectivity index (χ1v) is 5.76. The molecule has 0 radical (unpaired) electrons. The number of hydrogen-bond donors (Lipinski definition) is 1. The number of carbonyl (C=O) groups excluding carboxylic acids is 1. The fourth-order valence-corrected chi connectivity index (χ4v) is 1.67. The lowest BCUT2D eigenvalue weighted by Crippen LogP contribution is -2.24. The standard InChI is InChI=1S/C11H13FINO2/c1-11(2,3)16-10(15)7-4-6(13)5-8(12)9(7)14/h4-5H,14H2,1-3H3. The number of halogens is 2. The number of ether oxygens (including phenoxy) is 1. The molecule has 0 atom stereocenters. The van der Waals surface area contributed by atoms with Crippen molar-refractivity contribution < 1.29 is 13.9 Å². The number of nitrogen functional groups attached to an aromatic ring is 1. The third kappa shape index (κ3) is 3.33. The second-order valence-electron chi connectivity index (χ2n) is 4.35. The van der Waals surface area contributed by atoms with Crippen molar-refractivity contribution in [3.63, 3.8) is 0 Å². The van der Waals surface area contributed by atoms with Gasteiger partial charge in [0.1, 0.15) is 11.4 Å². The first kappa shape index (κ1) is 13.2. The van der Waals surface area contributed by atoms with Gasteiger partial charge in [0.05, 0.1) is 11.3 Å². The number of hydrogen-bond acceptors (Lipinski definition) is 3. The Hall–Kier alpha value is -0.850. The molecular weight excluding hydrogens is 324 g/mol. The molecular formula is C11H13FINO2. The number of benzene rings is 1. The molecule has 0 aliphatic carbocycles. The molecule has 1 aromatic carbocycles. The van der Waals surface area contributed by atoms with Crippen LogP contribution in [0.2, 0.25) is 0 Å². The summed E-state index contributed by atoms with van der Waals surface area (Å²) in [6.07, 6.45) is 0. The van der Waals surface area contributed by atoms with Gasteiger partial charge in [0.25, 0.3) is 0 Å². The summed E-state index contributed by atoms with van der Waals surface area (Å²) in [5, 5.41) is 0. The van der Waals surface area contributed by atoms with Gasteiger partial charge in [-0.1, -0.05) is 0 Å². The summed E-state index contributed by atoms with van der Waals surface area (Å²) in [6, 6.07) is 2.77. The highest BCUT2D eigenvalue weighted by molar-refractivity contribution is 14.1. The predicted molar refractivity (Wildman–Crippen MR) is 68.7 cm³/mol. The van der Waals surface area contributed by atoms with Crippen LogP contribution in [-0.4, -0.2) is 11.6 Å². The molecule has 0 aliphatic heterocycles. The van der Waals surface area contributed by atoms with Gasteiger partial charge in [-0.05, 0) is 55.5 Å². The van der Waals surface area contributed by atoms with Crippen LogP contribution in [0.1, 0.15) is 31.1 Å². The molecule has 0 saturated heterocycles. The Morgan fingerprint density at radius 1 is 1.44 bits per heavy atom. The van der Waals surface area contributed by atoms with Crippen LogP contribution in [0.25, 0.3) is 0 Å². The Kier molecular flexibility index (Phi) is 3.77. The van der Waals surface area contributed by atoms with Crippen molar-refractivity contribution in [3.8, 4) is 0 Å². The normalized spacial score (nSPS) is 11.3. The van der Waals surface area contributed by atoms with Crippen molar-refractivity contribution in [3.05, 3.63) is 27.1 Å². The Balaban J connectivity index is 3.09. The number of nitrogens with two attached hydrogens (primary N) is 1. The first-order chi connectivity index (χ1) is 7.20. The van der Waals surface area contributed by atoms with Crippen molar-refractivity contribution in [1.29, 1.82) is 0 Å². The summed E-state index contributed by atoms with van der Waals surface area (Å²) in [5.74, 6) is -1.21. The van der Waals surface area contributed by atoms with E-state index < -0.39 is 17.4 Å². The van der Waals surface area contributed by atoms with Crippen molar-refractivity contribution in [2.75, 3.05) is 5.73 Å². The van der Waals surface area contributed by atoms with E-state index in [0.29, 0.717) is 3.57 Å². The first-order valence-electron chi connectivity index (χ1n) is 4.68. The minimum absolute atomic E-state index is 0.0688. The van der Waals surface area contributed by atoms with Crippen molar-refractivity contribution in [2.24, 2.45) is 0 Å². The van der Waals surface area contributed by atoms with Crippen molar-refractivity contribution in [1.82, 2.24) is 0 Å². The lowest BCUT2D eigenvalue weighted by Gasteiger charge is -2.20. The van der Waals surface area contributed by atoms with Gasteiger partial charge in [0.15, 0.2) is 0 Å². The van der Waals surface area contributed by atoms with Crippen LogP contribution in [-0.2, 0) is 4.74 Å². The van der Waals surface area contributed by atoms with E-state index in [-0.39, 0.29) is 11.3 Å². The number of anilines is 1. The maximum atomic E-state index is 13.3. The van der Waals surface area contributed by atoms with E-state index in [0.717, 1.165) is 0 Å². The molecule has 0 aromatic heterocycles. The van der Waals surface area contributed by atoms with Gasteiger partial charge in [-0.3, -0.25) is 0 Å². The van der Waals surface area contributed by atoms with Gasteiger partial charge in [-0.2, -0.15) is 0 Å². The second-order valence-corrected chi connectivity index (χ2v) is 5.60. The number of carbonyl (C=O) groups is 1. The fraction of sp³-hybridized carbons (Fsp3) is 0.364. The van der Waals surface area contributed by atoms with Crippen molar-refractivity contribution >= 4 is 34.2 Å². The lowest BCUT2D eigenvalue weighted by atomic mass is 10.1. The molecule has 5 heteroatoms. The van der Waals surface area contributed by atoms with Crippen LogP contribution in [0.5, 0.6) is 0 Å². The van der Waals surface area contributed by atoms with Gasteiger partial charge < -0.3 is 10.5 Å². The zero-order valence-electron chi connectivity index (χ0n) is 9.30. The van der Waals surface area contributed by atoms with Gasteiger partial charge in [-0.15, -0.1) is 0 Å². The minimum atomic E-state index is -0.624. The van der Waals surface area contributed by atoms with Crippen LogP contribution in [0.4, 0.5) is 10.1 Å². The summed E-state index contributed by atoms with van der Waals surface area (Å²) in [4.78, 5) is 11.7. The molecule has 88 valence electrons. The van der Waals surface area contributed by atoms with E-state index >= 15 is 0 Å². The van der Waals surface area contributed by atoms with Crippen LogP contribution in [0.15, 0.2) is 12.1 Å². The van der Waals surface area contributed by atoms with Crippen LogP contribution in [0, 0.1) is 9.39 Å². The molecule has 16 heavy (non-hydrogen) atoms. The van der Waals surface area contributed by atoms with E-state index in [4.69, 9.17) is 10.5 Å². The summed E-state index contributed by atoms with van der Waals surface area (Å²) < 4.78 is 19.0. The molecule has 0 unspecified atom stereocenters. The molecule has 0 heterocycles. The molecule has 0 saturated carbocycles. The highest BCUT2D eigenvalue weighted by atomic mass is 127. The average Bonchev–Trinajstić information content (AvgIpc) is 2.08. The van der Waals surface area contributed by atoms with Gasteiger partial charge in [0, 0.05) is 3.57 Å². The van der Waals surface area contributed by atoms with Gasteiger partial charge in [-0.25, -0.2) is 9.18 Å². The van der Waals surface area contributed by atoms with E-state index in [1.807, 2.05) is 22.6 Å². The molecule has 3 nitrogen and oxygen atoms in total. The summed E-state index contributed by atoms with van der Waals surface area (Å²) >= 11 is 1.92. The zero-order chi connectivity index (χ0) is 12.5. The van der Waals surface area contributed by atoms with E-state index in [9.17, 15) is 9.18 Å². The fourth-order valence-electron chi connectivity index (χ4n) is 1.09. The van der Waals surface area contributed by atoms with E-state index in [1.165, 1.54) is 12.1 Å². The quantitative estimate of drug-likeness (QED) is 0.487. The molecule has 1 aromatic rings. The molecule has 1 rings (SSSR count). The SMILES string of the molecule is CC(C)(C)OC(=O)c1cc(I)cc(F)c1N. The maximum absolute atomic E-state index is 13.3. The third-order valence-corrected chi connectivity index (χ3v) is 2.34. The molecule has 0 fully saturated rings. The molecule has 2 N–H and O–H groups in total. The van der Waals surface area contributed by atoms with E-state index in [1.54, 1.807) is 20.8 Å². The summed E-state index contributed by atoms with van der Waals surface area (Å²) in [7, 11) is 0. The third-order valence-electron chi connectivity index (χ3n) is 1.71. The Morgan fingerprint density at radius 3 is 2.50 bits per heavy atom.